The second kappa shape index (κ2) is 6.64. The summed E-state index contributed by atoms with van der Waals surface area (Å²) in [5.41, 5.74) is 0.984. The van der Waals surface area contributed by atoms with Gasteiger partial charge in [0.25, 0.3) is 0 Å². The molecule has 0 aliphatic carbocycles. The Bertz CT molecular complexity index is 503. The zero-order valence-electron chi connectivity index (χ0n) is 10.8. The summed E-state index contributed by atoms with van der Waals surface area (Å²) in [6.07, 6.45) is 6.70. The highest BCUT2D eigenvalue weighted by Crippen LogP contribution is 2.30. The summed E-state index contributed by atoms with van der Waals surface area (Å²) in [7, 11) is 0. The summed E-state index contributed by atoms with van der Waals surface area (Å²) in [5, 5.41) is 0. The van der Waals surface area contributed by atoms with Crippen LogP contribution in [0, 0.1) is 0 Å². The number of ether oxygens (including phenoxy) is 3. The molecule has 1 aromatic rings. The molecule has 100 valence electrons. The summed E-state index contributed by atoms with van der Waals surface area (Å²) in [6, 6.07) is 5.72. The van der Waals surface area contributed by atoms with Crippen LogP contribution < -0.4 is 9.47 Å². The van der Waals surface area contributed by atoms with Crippen LogP contribution in [-0.4, -0.2) is 25.8 Å². The van der Waals surface area contributed by atoms with Gasteiger partial charge in [0.15, 0.2) is 11.5 Å². The van der Waals surface area contributed by atoms with E-state index in [2.05, 4.69) is 0 Å². The molecule has 0 saturated heterocycles. The number of hydrogen-bond donors (Lipinski definition) is 0. The fourth-order valence-electron chi connectivity index (χ4n) is 1.65. The van der Waals surface area contributed by atoms with Crippen LogP contribution >= 0.6 is 0 Å². The first-order valence-electron chi connectivity index (χ1n) is 6.21. The van der Waals surface area contributed by atoms with E-state index in [0.29, 0.717) is 19.8 Å². The fraction of sp³-hybridized carbons (Fsp3) is 0.267. The SMILES string of the molecule is CCOC(=O)/C=C/C=C/c1ccc2c(c1)OCCO2. The maximum Gasteiger partial charge on any atom is 0.330 e. The van der Waals surface area contributed by atoms with Crippen molar-refractivity contribution in [1.29, 1.82) is 0 Å². The van der Waals surface area contributed by atoms with Gasteiger partial charge in [0.2, 0.25) is 0 Å². The lowest BCUT2D eigenvalue weighted by Crippen LogP contribution is -2.15. The van der Waals surface area contributed by atoms with Crippen LogP contribution in [-0.2, 0) is 9.53 Å². The van der Waals surface area contributed by atoms with Gasteiger partial charge in [-0.2, -0.15) is 0 Å². The summed E-state index contributed by atoms with van der Waals surface area (Å²) < 4.78 is 15.7. The normalized spacial score (nSPS) is 13.9. The summed E-state index contributed by atoms with van der Waals surface area (Å²) in [4.78, 5) is 11.1. The first kappa shape index (κ1) is 13.2. The van der Waals surface area contributed by atoms with E-state index in [0.717, 1.165) is 17.1 Å². The maximum absolute atomic E-state index is 11.1. The van der Waals surface area contributed by atoms with Gasteiger partial charge in [0.05, 0.1) is 6.61 Å². The largest absolute Gasteiger partial charge is 0.486 e. The van der Waals surface area contributed by atoms with Crippen molar-refractivity contribution < 1.29 is 19.0 Å². The molecular weight excluding hydrogens is 244 g/mol. The molecule has 0 N–H and O–H groups in total. The number of benzene rings is 1. The topological polar surface area (TPSA) is 44.8 Å². The Morgan fingerprint density at radius 3 is 2.84 bits per heavy atom. The molecule has 0 fully saturated rings. The third kappa shape index (κ3) is 3.88. The Balaban J connectivity index is 1.97. The van der Waals surface area contributed by atoms with Crippen molar-refractivity contribution >= 4 is 12.0 Å². The lowest BCUT2D eigenvalue weighted by Gasteiger charge is -2.18. The van der Waals surface area contributed by atoms with Crippen molar-refractivity contribution in [2.24, 2.45) is 0 Å². The van der Waals surface area contributed by atoms with Crippen LogP contribution in [0.15, 0.2) is 36.4 Å². The van der Waals surface area contributed by atoms with E-state index < -0.39 is 0 Å². The molecule has 1 aliphatic heterocycles. The van der Waals surface area contributed by atoms with E-state index in [1.807, 2.05) is 24.3 Å². The average Bonchev–Trinajstić information content (AvgIpc) is 2.44. The predicted octanol–water partition coefficient (Wildman–Crippen LogP) is 2.59. The van der Waals surface area contributed by atoms with E-state index in [1.165, 1.54) is 6.08 Å². The number of hydrogen-bond acceptors (Lipinski definition) is 4. The van der Waals surface area contributed by atoms with Gasteiger partial charge >= 0.3 is 5.97 Å². The molecule has 4 nitrogen and oxygen atoms in total. The van der Waals surface area contributed by atoms with Crippen molar-refractivity contribution in [3.63, 3.8) is 0 Å². The zero-order chi connectivity index (χ0) is 13.5. The number of carbonyl (C=O) groups excluding carboxylic acids is 1. The first-order valence-corrected chi connectivity index (χ1v) is 6.21. The van der Waals surface area contributed by atoms with Crippen molar-refractivity contribution in [3.8, 4) is 11.5 Å². The molecule has 0 amide bonds. The van der Waals surface area contributed by atoms with E-state index >= 15 is 0 Å². The third-order valence-corrected chi connectivity index (χ3v) is 2.48. The molecular formula is C15H16O4. The predicted molar refractivity (Wildman–Crippen MR) is 72.2 cm³/mol. The number of fused-ring (bicyclic) bond motifs is 1. The van der Waals surface area contributed by atoms with E-state index in [-0.39, 0.29) is 5.97 Å². The van der Waals surface area contributed by atoms with E-state index in [9.17, 15) is 4.79 Å². The van der Waals surface area contributed by atoms with Gasteiger partial charge in [-0.3, -0.25) is 0 Å². The quantitative estimate of drug-likeness (QED) is 0.474. The van der Waals surface area contributed by atoms with E-state index in [4.69, 9.17) is 14.2 Å². The van der Waals surface area contributed by atoms with Gasteiger partial charge in [0.1, 0.15) is 13.2 Å². The van der Waals surface area contributed by atoms with Gasteiger partial charge in [-0.25, -0.2) is 4.79 Å². The highest BCUT2D eigenvalue weighted by atomic mass is 16.6. The number of carbonyl (C=O) groups is 1. The molecule has 0 spiro atoms. The molecule has 2 rings (SSSR count). The van der Waals surface area contributed by atoms with Gasteiger partial charge in [0, 0.05) is 6.08 Å². The Labute approximate surface area is 112 Å². The second-order valence-electron chi connectivity index (χ2n) is 3.87. The fourth-order valence-corrected chi connectivity index (χ4v) is 1.65. The van der Waals surface area contributed by atoms with Crippen LogP contribution in [0.5, 0.6) is 11.5 Å². The number of allylic oxidation sites excluding steroid dienone is 2. The van der Waals surface area contributed by atoms with Crippen LogP contribution in [0.3, 0.4) is 0 Å². The van der Waals surface area contributed by atoms with Crippen molar-refractivity contribution in [2.45, 2.75) is 6.92 Å². The minimum Gasteiger partial charge on any atom is -0.486 e. The molecule has 0 radical (unpaired) electrons. The lowest BCUT2D eigenvalue weighted by atomic mass is 10.2. The zero-order valence-corrected chi connectivity index (χ0v) is 10.8. The molecule has 0 saturated carbocycles. The molecule has 0 unspecified atom stereocenters. The molecule has 4 heteroatoms. The Morgan fingerprint density at radius 1 is 1.26 bits per heavy atom. The lowest BCUT2D eigenvalue weighted by molar-refractivity contribution is -0.137. The first-order chi connectivity index (χ1) is 9.29. The average molecular weight is 260 g/mol. The summed E-state index contributed by atoms with van der Waals surface area (Å²) in [5.74, 6) is 1.18. The summed E-state index contributed by atoms with van der Waals surface area (Å²) >= 11 is 0. The highest BCUT2D eigenvalue weighted by molar-refractivity contribution is 5.82. The number of rotatable bonds is 4. The maximum atomic E-state index is 11.1. The van der Waals surface area contributed by atoms with Crippen LogP contribution in [0.4, 0.5) is 0 Å². The Kier molecular flexibility index (Phi) is 4.61. The van der Waals surface area contributed by atoms with Gasteiger partial charge in [-0.15, -0.1) is 0 Å². The molecule has 0 bridgehead atoms. The van der Waals surface area contributed by atoms with Crippen LogP contribution in [0.2, 0.25) is 0 Å². The molecule has 1 heterocycles. The smallest absolute Gasteiger partial charge is 0.330 e. The Hall–Kier alpha value is -2.23. The molecule has 1 aliphatic rings. The Morgan fingerprint density at radius 2 is 2.05 bits per heavy atom. The van der Waals surface area contributed by atoms with Crippen molar-refractivity contribution in [3.05, 3.63) is 42.0 Å². The van der Waals surface area contributed by atoms with Crippen LogP contribution in [0.1, 0.15) is 12.5 Å². The monoisotopic (exact) mass is 260 g/mol. The minimum absolute atomic E-state index is 0.339. The molecule has 0 atom stereocenters. The molecule has 19 heavy (non-hydrogen) atoms. The second-order valence-corrected chi connectivity index (χ2v) is 3.87. The van der Waals surface area contributed by atoms with Gasteiger partial charge in [-0.05, 0) is 24.6 Å². The molecule has 0 aromatic heterocycles. The minimum atomic E-state index is -0.339. The van der Waals surface area contributed by atoms with Gasteiger partial charge in [-0.1, -0.05) is 24.3 Å². The molecule has 1 aromatic carbocycles. The van der Waals surface area contributed by atoms with Crippen molar-refractivity contribution in [2.75, 3.05) is 19.8 Å². The van der Waals surface area contributed by atoms with E-state index in [1.54, 1.807) is 19.1 Å². The number of esters is 1. The standard InChI is InChI=1S/C15H16O4/c1-2-17-15(16)6-4-3-5-12-7-8-13-14(11-12)19-10-9-18-13/h3-8,11H,2,9-10H2,1H3/b5-3+,6-4+. The van der Waals surface area contributed by atoms with Gasteiger partial charge < -0.3 is 14.2 Å². The van der Waals surface area contributed by atoms with Crippen molar-refractivity contribution in [1.82, 2.24) is 0 Å². The summed E-state index contributed by atoms with van der Waals surface area (Å²) in [6.45, 7) is 3.32. The third-order valence-electron chi connectivity index (χ3n) is 2.48. The van der Waals surface area contributed by atoms with Crippen LogP contribution in [0.25, 0.3) is 6.08 Å². The highest BCUT2D eigenvalue weighted by Gasteiger charge is 2.10.